The summed E-state index contributed by atoms with van der Waals surface area (Å²) < 4.78 is 15.8. The van der Waals surface area contributed by atoms with Crippen molar-refractivity contribution in [2.75, 3.05) is 5.32 Å². The number of nitrogens with zero attached hydrogens (tertiary/aromatic N) is 6. The largest absolute Gasteiger partial charge is 0.322 e. The zero-order valence-corrected chi connectivity index (χ0v) is 18.0. The second-order valence-corrected chi connectivity index (χ2v) is 7.70. The van der Waals surface area contributed by atoms with Crippen LogP contribution in [-0.2, 0) is 0 Å². The van der Waals surface area contributed by atoms with E-state index in [1.54, 1.807) is 48.1 Å². The fourth-order valence-electron chi connectivity index (χ4n) is 3.64. The normalized spacial score (nSPS) is 12.1. The van der Waals surface area contributed by atoms with Crippen LogP contribution >= 0.6 is 0 Å². The number of benzene rings is 2. The number of fused-ring (bicyclic) bond motifs is 1. The summed E-state index contributed by atoms with van der Waals surface area (Å²) in [7, 11) is 0. The van der Waals surface area contributed by atoms with Gasteiger partial charge in [-0.2, -0.15) is 9.90 Å². The maximum Gasteiger partial charge on any atom is 0.259 e. The molecule has 8 nitrogen and oxygen atoms in total. The SMILES string of the molecule is Cc1ccc(-c2nnn([C@@H](C)c3ccccc3F)n2)cc1NC(=O)c1cnn2ccccc12. The van der Waals surface area contributed by atoms with E-state index in [1.807, 2.05) is 37.3 Å². The van der Waals surface area contributed by atoms with Crippen molar-refractivity contribution in [3.8, 4) is 11.4 Å². The molecule has 1 atom stereocenters. The lowest BCUT2D eigenvalue weighted by molar-refractivity contribution is 0.102. The van der Waals surface area contributed by atoms with Crippen molar-refractivity contribution in [3.63, 3.8) is 0 Å². The van der Waals surface area contributed by atoms with E-state index >= 15 is 0 Å². The van der Waals surface area contributed by atoms with E-state index in [2.05, 4.69) is 25.8 Å². The number of aryl methyl sites for hydroxylation is 1. The average molecular weight is 441 g/mol. The number of carbonyl (C=O) groups is 1. The molecule has 1 amide bonds. The summed E-state index contributed by atoms with van der Waals surface area (Å²) in [6.45, 7) is 3.71. The third kappa shape index (κ3) is 3.84. The number of carbonyl (C=O) groups excluding carboxylic acids is 1. The first kappa shape index (κ1) is 20.5. The summed E-state index contributed by atoms with van der Waals surface area (Å²) in [5, 5.41) is 19.9. The van der Waals surface area contributed by atoms with Crippen molar-refractivity contribution >= 4 is 17.1 Å². The smallest absolute Gasteiger partial charge is 0.259 e. The number of nitrogens with one attached hydrogen (secondary N) is 1. The molecule has 3 heterocycles. The molecule has 2 aromatic carbocycles. The van der Waals surface area contributed by atoms with Gasteiger partial charge < -0.3 is 5.32 Å². The quantitative estimate of drug-likeness (QED) is 0.439. The van der Waals surface area contributed by atoms with Crippen LogP contribution in [0.3, 0.4) is 0 Å². The van der Waals surface area contributed by atoms with E-state index in [9.17, 15) is 9.18 Å². The Morgan fingerprint density at radius 2 is 1.91 bits per heavy atom. The molecule has 0 fully saturated rings. The maximum absolute atomic E-state index is 14.2. The van der Waals surface area contributed by atoms with E-state index in [0.29, 0.717) is 28.2 Å². The lowest BCUT2D eigenvalue weighted by Gasteiger charge is -2.11. The Bertz CT molecular complexity index is 1470. The van der Waals surface area contributed by atoms with Gasteiger partial charge in [0.2, 0.25) is 5.82 Å². The number of aromatic nitrogens is 6. The first-order valence-electron chi connectivity index (χ1n) is 10.4. The summed E-state index contributed by atoms with van der Waals surface area (Å²) in [6.07, 6.45) is 3.33. The molecule has 0 unspecified atom stereocenters. The molecule has 0 bridgehead atoms. The topological polar surface area (TPSA) is 90.0 Å². The van der Waals surface area contributed by atoms with Crippen LogP contribution in [0.25, 0.3) is 16.9 Å². The lowest BCUT2D eigenvalue weighted by atomic mass is 10.1. The van der Waals surface area contributed by atoms with Crippen molar-refractivity contribution in [3.05, 3.63) is 95.6 Å². The minimum absolute atomic E-state index is 0.263. The highest BCUT2D eigenvalue weighted by Crippen LogP contribution is 2.25. The van der Waals surface area contributed by atoms with E-state index in [0.717, 1.165) is 11.1 Å². The Balaban J connectivity index is 1.41. The van der Waals surface area contributed by atoms with Gasteiger partial charge in [-0.15, -0.1) is 10.2 Å². The van der Waals surface area contributed by atoms with Gasteiger partial charge in [-0.05, 0) is 48.9 Å². The molecular weight excluding hydrogens is 421 g/mol. The fourth-order valence-corrected chi connectivity index (χ4v) is 3.64. The number of hydrogen-bond donors (Lipinski definition) is 1. The van der Waals surface area contributed by atoms with Crippen LogP contribution in [-0.4, -0.2) is 35.7 Å². The first-order valence-corrected chi connectivity index (χ1v) is 10.4. The number of tetrazole rings is 1. The molecular formula is C24H20FN7O. The van der Waals surface area contributed by atoms with Crippen LogP contribution in [0, 0.1) is 12.7 Å². The molecule has 5 aromatic rings. The molecule has 1 N–H and O–H groups in total. The third-order valence-electron chi connectivity index (χ3n) is 5.55. The van der Waals surface area contributed by atoms with E-state index < -0.39 is 6.04 Å². The maximum atomic E-state index is 14.2. The number of pyridine rings is 1. The molecule has 0 spiro atoms. The molecule has 164 valence electrons. The summed E-state index contributed by atoms with van der Waals surface area (Å²) >= 11 is 0. The van der Waals surface area contributed by atoms with Crippen molar-refractivity contribution in [1.29, 1.82) is 0 Å². The predicted octanol–water partition coefficient (Wildman–Crippen LogP) is 4.30. The molecule has 0 saturated heterocycles. The molecule has 9 heteroatoms. The van der Waals surface area contributed by atoms with Gasteiger partial charge in [0.05, 0.1) is 23.3 Å². The highest BCUT2D eigenvalue weighted by Gasteiger charge is 2.18. The van der Waals surface area contributed by atoms with Crippen LogP contribution in [0.2, 0.25) is 0 Å². The van der Waals surface area contributed by atoms with Gasteiger partial charge >= 0.3 is 0 Å². The zero-order valence-electron chi connectivity index (χ0n) is 18.0. The Labute approximate surface area is 188 Å². The molecule has 0 saturated carbocycles. The molecule has 5 rings (SSSR count). The minimum atomic E-state index is -0.423. The number of halogens is 1. The Hall–Kier alpha value is -4.40. The molecule has 0 aliphatic carbocycles. The summed E-state index contributed by atoms with van der Waals surface area (Å²) in [5.74, 6) is -0.206. The van der Waals surface area contributed by atoms with E-state index in [4.69, 9.17) is 0 Å². The standard InChI is InChI=1S/C24H20FN7O/c1-15-10-11-17(23-28-30-32(29-23)16(2)18-7-3-4-8-20(18)25)13-21(15)27-24(33)19-14-26-31-12-6-5-9-22(19)31/h3-14,16H,1-2H3,(H,27,33)/t16-/m0/s1. The van der Waals surface area contributed by atoms with E-state index in [-0.39, 0.29) is 11.7 Å². The van der Waals surface area contributed by atoms with E-state index in [1.165, 1.54) is 10.9 Å². The summed E-state index contributed by atoms with van der Waals surface area (Å²) in [4.78, 5) is 14.3. The molecule has 0 aliphatic rings. The molecule has 33 heavy (non-hydrogen) atoms. The summed E-state index contributed by atoms with van der Waals surface area (Å²) in [5.41, 5.74) is 3.87. The minimum Gasteiger partial charge on any atom is -0.322 e. The van der Waals surface area contributed by atoms with Crippen LogP contribution in [0.15, 0.2) is 73.1 Å². The molecule has 0 radical (unpaired) electrons. The first-order chi connectivity index (χ1) is 16.0. The number of anilines is 1. The fraction of sp³-hybridized carbons (Fsp3) is 0.125. The van der Waals surface area contributed by atoms with Crippen molar-refractivity contribution in [2.24, 2.45) is 0 Å². The van der Waals surface area contributed by atoms with Gasteiger partial charge in [-0.1, -0.05) is 36.4 Å². The van der Waals surface area contributed by atoms with Crippen molar-refractivity contribution < 1.29 is 9.18 Å². The highest BCUT2D eigenvalue weighted by atomic mass is 19.1. The summed E-state index contributed by atoms with van der Waals surface area (Å²) in [6, 6.07) is 17.2. The Morgan fingerprint density at radius 1 is 1.09 bits per heavy atom. The van der Waals surface area contributed by atoms with Gasteiger partial charge in [-0.3, -0.25) is 4.79 Å². The highest BCUT2D eigenvalue weighted by molar-refractivity contribution is 6.09. The number of rotatable bonds is 5. The van der Waals surface area contributed by atoms with Crippen LogP contribution in [0.5, 0.6) is 0 Å². The Morgan fingerprint density at radius 3 is 2.76 bits per heavy atom. The van der Waals surface area contributed by atoms with Crippen LogP contribution in [0.1, 0.15) is 34.5 Å². The van der Waals surface area contributed by atoms with Gasteiger partial charge in [-0.25, -0.2) is 8.91 Å². The van der Waals surface area contributed by atoms with Crippen LogP contribution < -0.4 is 5.32 Å². The predicted molar refractivity (Wildman–Crippen MR) is 121 cm³/mol. The second kappa shape index (κ2) is 8.27. The second-order valence-electron chi connectivity index (χ2n) is 7.70. The van der Waals surface area contributed by atoms with Crippen LogP contribution in [0.4, 0.5) is 10.1 Å². The Kier molecular flexibility index (Phi) is 5.14. The van der Waals surface area contributed by atoms with Gasteiger partial charge in [0.1, 0.15) is 5.82 Å². The van der Waals surface area contributed by atoms with Crippen molar-refractivity contribution in [2.45, 2.75) is 19.9 Å². The monoisotopic (exact) mass is 441 g/mol. The molecule has 0 aliphatic heterocycles. The van der Waals surface area contributed by atoms with Gasteiger partial charge in [0.25, 0.3) is 5.91 Å². The van der Waals surface area contributed by atoms with Gasteiger partial charge in [0, 0.05) is 23.0 Å². The zero-order chi connectivity index (χ0) is 22.9. The van der Waals surface area contributed by atoms with Gasteiger partial charge in [0.15, 0.2) is 0 Å². The molecule has 3 aromatic heterocycles. The van der Waals surface area contributed by atoms with Crippen molar-refractivity contribution in [1.82, 2.24) is 29.8 Å². The average Bonchev–Trinajstić information content (AvgIpc) is 3.48. The lowest BCUT2D eigenvalue weighted by Crippen LogP contribution is -2.13. The third-order valence-corrected chi connectivity index (χ3v) is 5.55. The number of hydrogen-bond acceptors (Lipinski definition) is 5. The number of amides is 1.